The molecule has 19 heavy (non-hydrogen) atoms. The molecule has 0 atom stereocenters. The lowest BCUT2D eigenvalue weighted by atomic mass is 10.0. The van der Waals surface area contributed by atoms with Crippen LogP contribution in [-0.4, -0.2) is 4.98 Å². The van der Waals surface area contributed by atoms with Crippen LogP contribution < -0.4 is 5.63 Å². The Labute approximate surface area is 107 Å². The number of benzene rings is 1. The first-order valence-corrected chi connectivity index (χ1v) is 5.93. The zero-order valence-electron chi connectivity index (χ0n) is 10.1. The number of fused-ring (bicyclic) bond motifs is 4. The van der Waals surface area contributed by atoms with Crippen molar-refractivity contribution in [2.24, 2.45) is 0 Å². The highest BCUT2D eigenvalue weighted by molar-refractivity contribution is 6.09. The number of nitrogens with zero attached hydrogens (tertiary/aromatic N) is 1. The number of hydrogen-bond acceptors (Lipinski definition) is 4. The monoisotopic (exact) mass is 251 g/mol. The first-order valence-electron chi connectivity index (χ1n) is 5.93. The van der Waals surface area contributed by atoms with Crippen molar-refractivity contribution in [3.63, 3.8) is 0 Å². The number of aryl methyl sites for hydroxylation is 1. The van der Waals surface area contributed by atoms with Crippen molar-refractivity contribution >= 4 is 32.7 Å². The Morgan fingerprint density at radius 3 is 2.89 bits per heavy atom. The molecule has 3 heterocycles. The van der Waals surface area contributed by atoms with E-state index >= 15 is 0 Å². The highest BCUT2D eigenvalue weighted by atomic mass is 16.4. The topological polar surface area (TPSA) is 56.2 Å². The van der Waals surface area contributed by atoms with Crippen LogP contribution >= 0.6 is 0 Å². The van der Waals surface area contributed by atoms with Gasteiger partial charge in [-0.05, 0) is 25.1 Å². The number of hydrogen-bond donors (Lipinski definition) is 0. The van der Waals surface area contributed by atoms with Gasteiger partial charge < -0.3 is 8.83 Å². The second-order valence-corrected chi connectivity index (χ2v) is 4.53. The summed E-state index contributed by atoms with van der Waals surface area (Å²) in [6.45, 7) is 1.89. The Balaban J connectivity index is 2.40. The van der Waals surface area contributed by atoms with Gasteiger partial charge in [-0.2, -0.15) is 0 Å². The Morgan fingerprint density at radius 2 is 2.00 bits per heavy atom. The smallest absolute Gasteiger partial charge is 0.344 e. The molecule has 0 radical (unpaired) electrons. The molecular weight excluding hydrogens is 242 g/mol. The van der Waals surface area contributed by atoms with Crippen LogP contribution in [0.25, 0.3) is 32.7 Å². The van der Waals surface area contributed by atoms with E-state index in [-0.39, 0.29) is 5.63 Å². The molecule has 0 bridgehead atoms. The predicted octanol–water partition coefficient (Wildman–Crippen LogP) is 3.40. The van der Waals surface area contributed by atoms with E-state index in [1.54, 1.807) is 24.7 Å². The van der Waals surface area contributed by atoms with E-state index in [0.717, 1.165) is 27.3 Å². The van der Waals surface area contributed by atoms with Gasteiger partial charge in [-0.1, -0.05) is 0 Å². The van der Waals surface area contributed by atoms with Gasteiger partial charge in [0.25, 0.3) is 0 Å². The van der Waals surface area contributed by atoms with E-state index in [1.165, 1.54) is 0 Å². The van der Waals surface area contributed by atoms with Gasteiger partial charge in [-0.25, -0.2) is 4.79 Å². The van der Waals surface area contributed by atoms with Gasteiger partial charge in [0.15, 0.2) is 0 Å². The van der Waals surface area contributed by atoms with E-state index in [4.69, 9.17) is 8.83 Å². The fourth-order valence-corrected chi connectivity index (χ4v) is 2.53. The van der Waals surface area contributed by atoms with E-state index in [9.17, 15) is 4.79 Å². The summed E-state index contributed by atoms with van der Waals surface area (Å²) in [6, 6.07) is 5.54. The van der Waals surface area contributed by atoms with Crippen LogP contribution in [-0.2, 0) is 0 Å². The Kier molecular flexibility index (Phi) is 1.87. The number of furan rings is 1. The second-order valence-electron chi connectivity index (χ2n) is 4.53. The fraction of sp³-hybridized carbons (Fsp3) is 0.0667. The molecule has 0 saturated heterocycles. The first kappa shape index (κ1) is 10.3. The van der Waals surface area contributed by atoms with Crippen molar-refractivity contribution in [2.75, 3.05) is 0 Å². The highest BCUT2D eigenvalue weighted by Gasteiger charge is 2.13. The molecule has 0 aliphatic heterocycles. The van der Waals surface area contributed by atoms with Gasteiger partial charge in [0.05, 0.1) is 11.6 Å². The minimum atomic E-state index is -0.348. The molecule has 4 aromatic rings. The molecule has 4 rings (SSSR count). The van der Waals surface area contributed by atoms with Crippen molar-refractivity contribution < 1.29 is 8.83 Å². The molecule has 0 N–H and O–H groups in total. The molecule has 0 spiro atoms. The standard InChI is InChI=1S/C15H9NO3/c1-8-13-9(3-5-18-13)6-11-12-7-16-4-2-10(12)15(17)19-14(8)11/h2-7H,1H3. The van der Waals surface area contributed by atoms with Gasteiger partial charge in [0, 0.05) is 34.1 Å². The summed E-state index contributed by atoms with van der Waals surface area (Å²) < 4.78 is 10.9. The van der Waals surface area contributed by atoms with Gasteiger partial charge in [-0.15, -0.1) is 0 Å². The van der Waals surface area contributed by atoms with Crippen molar-refractivity contribution in [3.05, 3.63) is 52.8 Å². The van der Waals surface area contributed by atoms with Crippen molar-refractivity contribution in [1.29, 1.82) is 0 Å². The molecule has 92 valence electrons. The third-order valence-corrected chi connectivity index (χ3v) is 3.45. The summed E-state index contributed by atoms with van der Waals surface area (Å²) in [5, 5.41) is 3.22. The fourth-order valence-electron chi connectivity index (χ4n) is 2.53. The van der Waals surface area contributed by atoms with Crippen LogP contribution in [0.2, 0.25) is 0 Å². The maximum absolute atomic E-state index is 12.0. The van der Waals surface area contributed by atoms with Crippen LogP contribution in [0.3, 0.4) is 0 Å². The lowest BCUT2D eigenvalue weighted by Gasteiger charge is -2.05. The van der Waals surface area contributed by atoms with Crippen molar-refractivity contribution in [3.8, 4) is 0 Å². The second kappa shape index (κ2) is 3.45. The van der Waals surface area contributed by atoms with Crippen LogP contribution in [0.1, 0.15) is 5.56 Å². The minimum Gasteiger partial charge on any atom is -0.464 e. The van der Waals surface area contributed by atoms with E-state index in [1.807, 2.05) is 19.1 Å². The zero-order chi connectivity index (χ0) is 13.0. The van der Waals surface area contributed by atoms with E-state index in [2.05, 4.69) is 4.98 Å². The Morgan fingerprint density at radius 1 is 1.11 bits per heavy atom. The zero-order valence-corrected chi connectivity index (χ0v) is 10.1. The molecule has 0 amide bonds. The maximum atomic E-state index is 12.0. The van der Waals surface area contributed by atoms with E-state index in [0.29, 0.717) is 11.0 Å². The molecular formula is C15H9NO3. The lowest BCUT2D eigenvalue weighted by molar-refractivity contribution is 0.564. The molecule has 0 saturated carbocycles. The van der Waals surface area contributed by atoms with Crippen LogP contribution in [0.15, 0.2) is 50.5 Å². The van der Waals surface area contributed by atoms with Gasteiger partial charge in [0.1, 0.15) is 11.2 Å². The molecule has 0 unspecified atom stereocenters. The van der Waals surface area contributed by atoms with Gasteiger partial charge in [-0.3, -0.25) is 4.98 Å². The average Bonchev–Trinajstić information content (AvgIpc) is 2.90. The average molecular weight is 251 g/mol. The third-order valence-electron chi connectivity index (χ3n) is 3.45. The number of aromatic nitrogens is 1. The minimum absolute atomic E-state index is 0.348. The van der Waals surface area contributed by atoms with Gasteiger partial charge in [0.2, 0.25) is 0 Å². The molecule has 1 aromatic carbocycles. The van der Waals surface area contributed by atoms with Gasteiger partial charge >= 0.3 is 5.63 Å². The van der Waals surface area contributed by atoms with Crippen LogP contribution in [0.4, 0.5) is 0 Å². The molecule has 4 heteroatoms. The summed E-state index contributed by atoms with van der Waals surface area (Å²) in [6.07, 6.45) is 4.92. The molecule has 0 fully saturated rings. The SMILES string of the molecule is Cc1c2occc2cc2c1oc(=O)c1ccncc12. The summed E-state index contributed by atoms with van der Waals surface area (Å²) >= 11 is 0. The lowest BCUT2D eigenvalue weighted by Crippen LogP contribution is -2.00. The normalized spacial score (nSPS) is 11.6. The Bertz CT molecular complexity index is 995. The third kappa shape index (κ3) is 1.28. The summed E-state index contributed by atoms with van der Waals surface area (Å²) in [7, 11) is 0. The Hall–Kier alpha value is -2.62. The van der Waals surface area contributed by atoms with Crippen molar-refractivity contribution in [2.45, 2.75) is 6.92 Å². The molecule has 0 aliphatic rings. The molecule has 3 aromatic heterocycles. The van der Waals surface area contributed by atoms with E-state index < -0.39 is 0 Å². The molecule has 4 nitrogen and oxygen atoms in total. The van der Waals surface area contributed by atoms with Crippen LogP contribution in [0.5, 0.6) is 0 Å². The van der Waals surface area contributed by atoms with Crippen LogP contribution in [0, 0.1) is 6.92 Å². The molecule has 0 aliphatic carbocycles. The number of rotatable bonds is 0. The quantitative estimate of drug-likeness (QED) is 0.355. The first-order chi connectivity index (χ1) is 9.25. The highest BCUT2D eigenvalue weighted by Crippen LogP contribution is 2.31. The summed E-state index contributed by atoms with van der Waals surface area (Å²) in [4.78, 5) is 16.1. The van der Waals surface area contributed by atoms with Crippen molar-refractivity contribution in [1.82, 2.24) is 4.98 Å². The maximum Gasteiger partial charge on any atom is 0.344 e. The largest absolute Gasteiger partial charge is 0.464 e. The summed E-state index contributed by atoms with van der Waals surface area (Å²) in [5.74, 6) is 0. The number of pyridine rings is 1. The predicted molar refractivity (Wildman–Crippen MR) is 72.3 cm³/mol. The summed E-state index contributed by atoms with van der Waals surface area (Å²) in [5.41, 5.74) is 1.80.